The second kappa shape index (κ2) is 5.27. The van der Waals surface area contributed by atoms with Crippen molar-refractivity contribution in [2.45, 2.75) is 37.8 Å². The quantitative estimate of drug-likeness (QED) is 0.824. The zero-order valence-electron chi connectivity index (χ0n) is 9.53. The molecule has 0 aliphatic heterocycles. The summed E-state index contributed by atoms with van der Waals surface area (Å²) in [6.45, 7) is 0. The Kier molecular flexibility index (Phi) is 3.74. The summed E-state index contributed by atoms with van der Waals surface area (Å²) in [5.74, 6) is -0.753. The van der Waals surface area contributed by atoms with Gasteiger partial charge in [-0.2, -0.15) is 0 Å². The Hall–Kier alpha value is -1.42. The van der Waals surface area contributed by atoms with E-state index in [1.165, 1.54) is 18.2 Å². The van der Waals surface area contributed by atoms with Gasteiger partial charge in [0, 0.05) is 5.56 Å². The van der Waals surface area contributed by atoms with Gasteiger partial charge in [0.25, 0.3) is 5.91 Å². The van der Waals surface area contributed by atoms with E-state index in [4.69, 9.17) is 0 Å². The lowest BCUT2D eigenvalue weighted by Crippen LogP contribution is -2.45. The fourth-order valence-corrected chi connectivity index (χ4v) is 2.16. The van der Waals surface area contributed by atoms with Gasteiger partial charge >= 0.3 is 0 Å². The maximum atomic E-state index is 13.0. The lowest BCUT2D eigenvalue weighted by Gasteiger charge is -2.28. The van der Waals surface area contributed by atoms with Crippen LogP contribution in [0.1, 0.15) is 36.0 Å². The number of aliphatic hydroxyl groups excluding tert-OH is 1. The summed E-state index contributed by atoms with van der Waals surface area (Å²) in [7, 11) is 0. The van der Waals surface area contributed by atoms with Gasteiger partial charge in [-0.05, 0) is 31.0 Å². The first-order valence-corrected chi connectivity index (χ1v) is 5.91. The van der Waals surface area contributed by atoms with E-state index >= 15 is 0 Å². The van der Waals surface area contributed by atoms with Gasteiger partial charge in [0.05, 0.1) is 12.1 Å². The number of amides is 1. The molecular weight excluding hydrogens is 221 g/mol. The molecule has 1 aliphatic rings. The Morgan fingerprint density at radius 1 is 1.35 bits per heavy atom. The van der Waals surface area contributed by atoms with Crippen molar-refractivity contribution in [2.24, 2.45) is 0 Å². The highest BCUT2D eigenvalue weighted by molar-refractivity contribution is 5.94. The molecule has 17 heavy (non-hydrogen) atoms. The summed E-state index contributed by atoms with van der Waals surface area (Å²) in [4.78, 5) is 11.8. The molecule has 1 aromatic rings. The van der Waals surface area contributed by atoms with Crippen LogP contribution in [0.4, 0.5) is 4.39 Å². The fraction of sp³-hybridized carbons (Fsp3) is 0.462. The summed E-state index contributed by atoms with van der Waals surface area (Å²) in [6, 6.07) is 5.35. The van der Waals surface area contributed by atoms with E-state index in [1.54, 1.807) is 6.07 Å². The van der Waals surface area contributed by atoms with Gasteiger partial charge in [0.1, 0.15) is 5.82 Å². The van der Waals surface area contributed by atoms with E-state index in [9.17, 15) is 14.3 Å². The fourth-order valence-electron chi connectivity index (χ4n) is 2.16. The molecule has 0 heterocycles. The Labute approximate surface area is 99.7 Å². The summed E-state index contributed by atoms with van der Waals surface area (Å²) >= 11 is 0. The van der Waals surface area contributed by atoms with E-state index in [0.29, 0.717) is 12.0 Å². The number of carbonyl (C=O) groups excluding carboxylic acids is 1. The number of hydrogen-bond donors (Lipinski definition) is 2. The van der Waals surface area contributed by atoms with Crippen LogP contribution >= 0.6 is 0 Å². The third-order valence-electron chi connectivity index (χ3n) is 3.13. The summed E-state index contributed by atoms with van der Waals surface area (Å²) in [5.41, 5.74) is 0.294. The summed E-state index contributed by atoms with van der Waals surface area (Å²) in [6.07, 6.45) is 3.01. The first-order chi connectivity index (χ1) is 8.16. The van der Waals surface area contributed by atoms with E-state index in [-0.39, 0.29) is 11.9 Å². The lowest BCUT2D eigenvalue weighted by molar-refractivity contribution is 0.0717. The van der Waals surface area contributed by atoms with E-state index in [1.807, 2.05) is 0 Å². The molecule has 1 saturated carbocycles. The number of benzene rings is 1. The Bertz CT molecular complexity index is 408. The van der Waals surface area contributed by atoms with Gasteiger partial charge in [0.15, 0.2) is 0 Å². The number of aliphatic hydroxyl groups is 1. The highest BCUT2D eigenvalue weighted by Crippen LogP contribution is 2.18. The van der Waals surface area contributed by atoms with E-state index in [2.05, 4.69) is 5.32 Å². The van der Waals surface area contributed by atoms with Crippen molar-refractivity contribution < 1.29 is 14.3 Å². The highest BCUT2D eigenvalue weighted by Gasteiger charge is 2.24. The van der Waals surface area contributed by atoms with Crippen molar-refractivity contribution in [3.05, 3.63) is 35.6 Å². The molecule has 1 fully saturated rings. The molecule has 4 heteroatoms. The second-order valence-electron chi connectivity index (χ2n) is 4.44. The number of hydrogen-bond acceptors (Lipinski definition) is 2. The molecule has 1 aromatic carbocycles. The second-order valence-corrected chi connectivity index (χ2v) is 4.44. The largest absolute Gasteiger partial charge is 0.391 e. The van der Waals surface area contributed by atoms with Crippen LogP contribution in [0, 0.1) is 5.82 Å². The zero-order chi connectivity index (χ0) is 12.3. The summed E-state index contributed by atoms with van der Waals surface area (Å²) < 4.78 is 13.0. The van der Waals surface area contributed by atoms with Crippen molar-refractivity contribution in [3.63, 3.8) is 0 Å². The average Bonchev–Trinajstić information content (AvgIpc) is 2.32. The van der Waals surface area contributed by atoms with Gasteiger partial charge in [-0.3, -0.25) is 4.79 Å². The topological polar surface area (TPSA) is 49.3 Å². The lowest BCUT2D eigenvalue weighted by atomic mass is 9.92. The molecule has 0 bridgehead atoms. The number of halogens is 1. The van der Waals surface area contributed by atoms with E-state index in [0.717, 1.165) is 19.3 Å². The minimum atomic E-state index is -0.485. The maximum absolute atomic E-state index is 13.0. The molecule has 0 spiro atoms. The molecule has 0 saturated heterocycles. The van der Waals surface area contributed by atoms with Crippen molar-refractivity contribution in [1.82, 2.24) is 5.32 Å². The molecule has 3 nitrogen and oxygen atoms in total. The number of rotatable bonds is 2. The SMILES string of the molecule is O=C(N[C@H]1CCCC[C@H]1O)c1cccc(F)c1. The molecule has 0 radical (unpaired) electrons. The van der Waals surface area contributed by atoms with Crippen LogP contribution in [0.5, 0.6) is 0 Å². The molecule has 2 rings (SSSR count). The Balaban J connectivity index is 2.01. The van der Waals surface area contributed by atoms with Crippen molar-refractivity contribution in [1.29, 1.82) is 0 Å². The van der Waals surface area contributed by atoms with Crippen LogP contribution in [0.3, 0.4) is 0 Å². The third kappa shape index (κ3) is 3.03. The van der Waals surface area contributed by atoms with Crippen molar-refractivity contribution in [2.75, 3.05) is 0 Å². The Morgan fingerprint density at radius 3 is 2.82 bits per heavy atom. The Morgan fingerprint density at radius 2 is 2.12 bits per heavy atom. The minimum absolute atomic E-state index is 0.209. The minimum Gasteiger partial charge on any atom is -0.391 e. The van der Waals surface area contributed by atoms with Crippen LogP contribution in [-0.4, -0.2) is 23.2 Å². The summed E-state index contributed by atoms with van der Waals surface area (Å²) in [5, 5.41) is 12.5. The van der Waals surface area contributed by atoms with Crippen molar-refractivity contribution in [3.8, 4) is 0 Å². The van der Waals surface area contributed by atoms with E-state index < -0.39 is 11.9 Å². The number of carbonyl (C=O) groups is 1. The third-order valence-corrected chi connectivity index (χ3v) is 3.13. The normalized spacial score (nSPS) is 24.4. The monoisotopic (exact) mass is 237 g/mol. The van der Waals surface area contributed by atoms with Crippen molar-refractivity contribution >= 4 is 5.91 Å². The predicted octanol–water partition coefficient (Wildman–Crippen LogP) is 1.86. The van der Waals surface area contributed by atoms with Crippen LogP contribution < -0.4 is 5.32 Å². The number of nitrogens with one attached hydrogen (secondary N) is 1. The maximum Gasteiger partial charge on any atom is 0.251 e. The average molecular weight is 237 g/mol. The van der Waals surface area contributed by atoms with Gasteiger partial charge in [0.2, 0.25) is 0 Å². The van der Waals surface area contributed by atoms with Gasteiger partial charge in [-0.1, -0.05) is 18.9 Å². The standard InChI is InChI=1S/C13H16FNO2/c14-10-5-3-4-9(8-10)13(17)15-11-6-1-2-7-12(11)16/h3-5,8,11-12,16H,1-2,6-7H2,(H,15,17)/t11-,12+/m0/s1. The van der Waals surface area contributed by atoms with Crippen LogP contribution in [0.15, 0.2) is 24.3 Å². The molecule has 1 amide bonds. The molecular formula is C13H16FNO2. The molecule has 1 aliphatic carbocycles. The molecule has 2 atom stereocenters. The molecule has 92 valence electrons. The molecule has 2 N–H and O–H groups in total. The smallest absolute Gasteiger partial charge is 0.251 e. The van der Waals surface area contributed by atoms with Crippen LogP contribution in [0.2, 0.25) is 0 Å². The first-order valence-electron chi connectivity index (χ1n) is 5.91. The van der Waals surface area contributed by atoms with Crippen LogP contribution in [-0.2, 0) is 0 Å². The predicted molar refractivity (Wildman–Crippen MR) is 62.1 cm³/mol. The van der Waals surface area contributed by atoms with Gasteiger partial charge in [-0.25, -0.2) is 4.39 Å². The van der Waals surface area contributed by atoms with Gasteiger partial charge in [-0.15, -0.1) is 0 Å². The zero-order valence-corrected chi connectivity index (χ0v) is 9.53. The molecule has 0 aromatic heterocycles. The van der Waals surface area contributed by atoms with Crippen LogP contribution in [0.25, 0.3) is 0 Å². The highest BCUT2D eigenvalue weighted by atomic mass is 19.1. The molecule has 0 unspecified atom stereocenters. The van der Waals surface area contributed by atoms with Gasteiger partial charge < -0.3 is 10.4 Å². The first kappa shape index (κ1) is 12.0.